The van der Waals surface area contributed by atoms with Crippen molar-refractivity contribution in [3.05, 3.63) is 59.9 Å². The van der Waals surface area contributed by atoms with Crippen LogP contribution in [-0.2, 0) is 11.3 Å². The van der Waals surface area contributed by atoms with E-state index in [2.05, 4.69) is 10.2 Å². The number of carboxylic acid groups (broad SMARTS) is 1. The van der Waals surface area contributed by atoms with Crippen LogP contribution in [-0.4, -0.2) is 58.7 Å². The fourth-order valence-corrected chi connectivity index (χ4v) is 4.87. The molecule has 0 spiro atoms. The molecule has 0 unspecified atom stereocenters. The van der Waals surface area contributed by atoms with Crippen LogP contribution < -0.4 is 10.1 Å². The molecule has 0 radical (unpaired) electrons. The minimum absolute atomic E-state index is 0.0248. The molecule has 1 aliphatic carbocycles. The number of nitrogens with one attached hydrogen (secondary N) is 1. The molecule has 2 aromatic rings. The number of carbonyl (C=O) groups excluding carboxylic acids is 1. The third kappa shape index (κ3) is 6.05. The minimum atomic E-state index is -0.877. The number of para-hydroxylation sites is 1. The van der Waals surface area contributed by atoms with Gasteiger partial charge in [0.05, 0.1) is 6.10 Å². The Morgan fingerprint density at radius 3 is 2.44 bits per heavy atom. The van der Waals surface area contributed by atoms with Gasteiger partial charge in [-0.1, -0.05) is 18.2 Å². The Labute approximate surface area is 199 Å². The first-order valence-electron chi connectivity index (χ1n) is 11.9. The predicted molar refractivity (Wildman–Crippen MR) is 127 cm³/mol. The lowest BCUT2D eigenvalue weighted by Crippen LogP contribution is -2.53. The van der Waals surface area contributed by atoms with Crippen LogP contribution in [0.2, 0.25) is 0 Å². The van der Waals surface area contributed by atoms with Gasteiger partial charge in [-0.2, -0.15) is 0 Å². The number of anilines is 1. The molecule has 1 saturated heterocycles. The quantitative estimate of drug-likeness (QED) is 0.647. The van der Waals surface area contributed by atoms with Gasteiger partial charge in [-0.15, -0.1) is 0 Å². The monoisotopic (exact) mass is 469 g/mol. The van der Waals surface area contributed by atoms with E-state index in [1.54, 1.807) is 12.1 Å². The van der Waals surface area contributed by atoms with E-state index < -0.39 is 6.09 Å². The third-order valence-corrected chi connectivity index (χ3v) is 6.79. The molecule has 1 heterocycles. The molecule has 1 atom stereocenters. The molecule has 4 rings (SSSR count). The first kappa shape index (κ1) is 24.0. The molecule has 2 aromatic carbocycles. The summed E-state index contributed by atoms with van der Waals surface area (Å²) >= 11 is 0. The lowest BCUT2D eigenvalue weighted by atomic mass is 9.86. The van der Waals surface area contributed by atoms with Gasteiger partial charge in [0.15, 0.2) is 0 Å². The van der Waals surface area contributed by atoms with Gasteiger partial charge < -0.3 is 20.1 Å². The van der Waals surface area contributed by atoms with Gasteiger partial charge in [-0.3, -0.25) is 9.69 Å². The van der Waals surface area contributed by atoms with Crippen LogP contribution >= 0.6 is 0 Å². The first-order valence-corrected chi connectivity index (χ1v) is 11.9. The van der Waals surface area contributed by atoms with Gasteiger partial charge >= 0.3 is 6.09 Å². The second-order valence-electron chi connectivity index (χ2n) is 9.25. The number of ether oxygens (including phenoxy) is 1. The highest BCUT2D eigenvalue weighted by atomic mass is 19.1. The maximum atomic E-state index is 13.1. The molecule has 0 bridgehead atoms. The highest BCUT2D eigenvalue weighted by Gasteiger charge is 2.29. The van der Waals surface area contributed by atoms with Crippen LogP contribution in [0.5, 0.6) is 5.75 Å². The Morgan fingerprint density at radius 2 is 1.76 bits per heavy atom. The van der Waals surface area contributed by atoms with Crippen molar-refractivity contribution in [2.75, 3.05) is 25.0 Å². The number of benzene rings is 2. The summed E-state index contributed by atoms with van der Waals surface area (Å²) in [5.41, 5.74) is 1.84. The Balaban J connectivity index is 1.29. The van der Waals surface area contributed by atoms with Crippen molar-refractivity contribution >= 4 is 17.7 Å². The molecular formula is C26H32FN3O4. The molecular weight excluding hydrogens is 437 g/mol. The summed E-state index contributed by atoms with van der Waals surface area (Å²) in [7, 11) is 0. The SMILES string of the molecule is C[C@H]1CN(Cc2ccccc2NC(=O)C2CCC(Oc3ccc(F)cc3)CC2)CCN1C(=O)O. The molecule has 1 saturated carbocycles. The van der Waals surface area contributed by atoms with Crippen LogP contribution in [0.25, 0.3) is 0 Å². The van der Waals surface area contributed by atoms with Crippen molar-refractivity contribution in [3.8, 4) is 5.75 Å². The summed E-state index contributed by atoms with van der Waals surface area (Å²) in [6.07, 6.45) is 2.21. The van der Waals surface area contributed by atoms with E-state index in [1.165, 1.54) is 17.0 Å². The van der Waals surface area contributed by atoms with Crippen LogP contribution in [0, 0.1) is 11.7 Å². The number of nitrogens with zero attached hydrogens (tertiary/aromatic N) is 2. The highest BCUT2D eigenvalue weighted by molar-refractivity contribution is 5.93. The number of rotatable bonds is 6. The summed E-state index contributed by atoms with van der Waals surface area (Å²) in [6, 6.07) is 13.8. The van der Waals surface area contributed by atoms with E-state index in [0.29, 0.717) is 31.9 Å². The van der Waals surface area contributed by atoms with Gasteiger partial charge in [-0.25, -0.2) is 9.18 Å². The molecule has 1 aliphatic heterocycles. The zero-order valence-electron chi connectivity index (χ0n) is 19.5. The Hall–Kier alpha value is -3.13. The van der Waals surface area contributed by atoms with Crippen LogP contribution in [0.15, 0.2) is 48.5 Å². The molecule has 2 fully saturated rings. The summed E-state index contributed by atoms with van der Waals surface area (Å²) in [4.78, 5) is 28.0. The fourth-order valence-electron chi connectivity index (χ4n) is 4.87. The molecule has 0 aromatic heterocycles. The normalized spacial score (nSPS) is 23.4. The van der Waals surface area contributed by atoms with Crippen LogP contribution in [0.4, 0.5) is 14.9 Å². The lowest BCUT2D eigenvalue weighted by Gasteiger charge is -2.38. The van der Waals surface area contributed by atoms with Crippen LogP contribution in [0.1, 0.15) is 38.2 Å². The summed E-state index contributed by atoms with van der Waals surface area (Å²) < 4.78 is 19.0. The third-order valence-electron chi connectivity index (χ3n) is 6.79. The van der Waals surface area contributed by atoms with E-state index in [1.807, 2.05) is 31.2 Å². The van der Waals surface area contributed by atoms with E-state index in [4.69, 9.17) is 4.74 Å². The van der Waals surface area contributed by atoms with Crippen molar-refractivity contribution in [2.45, 2.75) is 51.3 Å². The van der Waals surface area contributed by atoms with Gasteiger partial charge in [0.1, 0.15) is 11.6 Å². The number of carbonyl (C=O) groups is 2. The number of amides is 2. The van der Waals surface area contributed by atoms with Gasteiger partial charge in [0.2, 0.25) is 5.91 Å². The van der Waals surface area contributed by atoms with E-state index in [9.17, 15) is 19.1 Å². The molecule has 2 aliphatic rings. The summed E-state index contributed by atoms with van der Waals surface area (Å²) in [5.74, 6) is 0.323. The van der Waals surface area contributed by atoms with E-state index in [0.717, 1.165) is 36.9 Å². The molecule has 7 nitrogen and oxygen atoms in total. The Morgan fingerprint density at radius 1 is 1.06 bits per heavy atom. The van der Waals surface area contributed by atoms with Gasteiger partial charge in [0, 0.05) is 43.8 Å². The fraction of sp³-hybridized carbons (Fsp3) is 0.462. The zero-order valence-corrected chi connectivity index (χ0v) is 19.5. The summed E-state index contributed by atoms with van der Waals surface area (Å²) in [5, 5.41) is 12.4. The molecule has 2 N–H and O–H groups in total. The molecule has 2 amide bonds. The van der Waals surface area contributed by atoms with Crippen LogP contribution in [0.3, 0.4) is 0 Å². The molecule has 182 valence electrons. The van der Waals surface area contributed by atoms with Crippen molar-refractivity contribution < 1.29 is 23.8 Å². The Kier molecular flexibility index (Phi) is 7.67. The average molecular weight is 470 g/mol. The number of hydrogen-bond donors (Lipinski definition) is 2. The lowest BCUT2D eigenvalue weighted by molar-refractivity contribution is -0.121. The largest absolute Gasteiger partial charge is 0.490 e. The first-order chi connectivity index (χ1) is 16.4. The minimum Gasteiger partial charge on any atom is -0.490 e. The van der Waals surface area contributed by atoms with Crippen molar-refractivity contribution in [1.29, 1.82) is 0 Å². The average Bonchev–Trinajstić information content (AvgIpc) is 2.82. The topological polar surface area (TPSA) is 82.1 Å². The van der Waals surface area contributed by atoms with Crippen molar-refractivity contribution in [1.82, 2.24) is 9.80 Å². The Bertz CT molecular complexity index is 992. The second-order valence-corrected chi connectivity index (χ2v) is 9.25. The second kappa shape index (κ2) is 10.9. The maximum absolute atomic E-state index is 13.1. The number of piperazine rings is 1. The zero-order chi connectivity index (χ0) is 24.1. The number of hydrogen-bond acceptors (Lipinski definition) is 4. The molecule has 34 heavy (non-hydrogen) atoms. The maximum Gasteiger partial charge on any atom is 0.407 e. The smallest absolute Gasteiger partial charge is 0.407 e. The van der Waals surface area contributed by atoms with E-state index >= 15 is 0 Å². The van der Waals surface area contributed by atoms with Crippen molar-refractivity contribution in [2.24, 2.45) is 5.92 Å². The molecule has 8 heteroatoms. The van der Waals surface area contributed by atoms with E-state index in [-0.39, 0.29) is 29.8 Å². The number of halogens is 1. The predicted octanol–water partition coefficient (Wildman–Crippen LogP) is 4.59. The standard InChI is InChI=1S/C26H32FN3O4/c1-18-16-29(14-15-30(18)26(32)33)17-20-4-2-3-5-24(20)28-25(31)19-6-10-22(11-7-19)34-23-12-8-21(27)9-13-23/h2-5,8-9,12-13,18-19,22H,6-7,10-11,14-17H2,1H3,(H,28,31)(H,32,33)/t18-,19?,22?/m0/s1. The highest BCUT2D eigenvalue weighted by Crippen LogP contribution is 2.29. The summed E-state index contributed by atoms with van der Waals surface area (Å²) in [6.45, 7) is 4.38. The van der Waals surface area contributed by atoms with Gasteiger partial charge in [0.25, 0.3) is 0 Å². The van der Waals surface area contributed by atoms with Crippen molar-refractivity contribution in [3.63, 3.8) is 0 Å². The van der Waals surface area contributed by atoms with Gasteiger partial charge in [-0.05, 0) is 68.5 Å².